The molecule has 0 aromatic carbocycles. The van der Waals surface area contributed by atoms with E-state index >= 15 is 0 Å². The van der Waals surface area contributed by atoms with Gasteiger partial charge in [-0.1, -0.05) is 0 Å². The molecule has 0 aliphatic heterocycles. The molecule has 0 fully saturated rings. The molecule has 4 N–H and O–H groups in total. The molecular formula is C6H12N4. The molecule has 0 radical (unpaired) electrons. The Morgan fingerprint density at radius 1 is 1.60 bits per heavy atom. The zero-order valence-corrected chi connectivity index (χ0v) is 5.75. The van der Waals surface area contributed by atoms with Gasteiger partial charge in [0.1, 0.15) is 0 Å². The van der Waals surface area contributed by atoms with Crippen LogP contribution >= 0.6 is 0 Å². The minimum absolute atomic E-state index is 0.610. The van der Waals surface area contributed by atoms with E-state index in [0.717, 1.165) is 12.8 Å². The van der Waals surface area contributed by atoms with Gasteiger partial charge in [0.05, 0.1) is 0 Å². The predicted octanol–water partition coefficient (Wildman–Crippen LogP) is -0.274. The van der Waals surface area contributed by atoms with Crippen molar-refractivity contribution in [3.8, 4) is 0 Å². The average Bonchev–Trinajstić information content (AvgIpc) is 1.97. The SMILES string of the molecule is N=CC=NC=CNCCN. The van der Waals surface area contributed by atoms with Crippen LogP contribution in [0, 0.1) is 5.41 Å². The molecule has 4 nitrogen and oxygen atoms in total. The molecule has 0 saturated heterocycles. The van der Waals surface area contributed by atoms with Crippen molar-refractivity contribution in [1.29, 1.82) is 5.41 Å². The van der Waals surface area contributed by atoms with Crippen LogP contribution in [-0.2, 0) is 0 Å². The highest BCUT2D eigenvalue weighted by Crippen LogP contribution is 1.66. The first kappa shape index (κ1) is 8.84. The van der Waals surface area contributed by atoms with Crippen LogP contribution in [0.5, 0.6) is 0 Å². The lowest BCUT2D eigenvalue weighted by Crippen LogP contribution is -2.16. The van der Waals surface area contributed by atoms with E-state index in [9.17, 15) is 0 Å². The van der Waals surface area contributed by atoms with Crippen molar-refractivity contribution in [2.45, 2.75) is 0 Å². The van der Waals surface area contributed by atoms with Crippen LogP contribution in [0.4, 0.5) is 0 Å². The van der Waals surface area contributed by atoms with Crippen LogP contribution in [0.3, 0.4) is 0 Å². The maximum Gasteiger partial charge on any atom is 0.0444 e. The predicted molar refractivity (Wildman–Crippen MR) is 43.5 cm³/mol. The van der Waals surface area contributed by atoms with Crippen molar-refractivity contribution >= 4 is 12.4 Å². The highest BCUT2D eigenvalue weighted by atomic mass is 14.9. The van der Waals surface area contributed by atoms with Gasteiger partial charge in [0.25, 0.3) is 0 Å². The Morgan fingerprint density at radius 3 is 3.00 bits per heavy atom. The molecule has 0 aliphatic rings. The fourth-order valence-electron chi connectivity index (χ4n) is 0.355. The molecule has 0 rings (SSSR count). The van der Waals surface area contributed by atoms with Gasteiger partial charge in [-0.3, -0.25) is 4.99 Å². The van der Waals surface area contributed by atoms with E-state index in [2.05, 4.69) is 10.3 Å². The number of nitrogens with two attached hydrogens (primary N) is 1. The fourth-order valence-corrected chi connectivity index (χ4v) is 0.355. The van der Waals surface area contributed by atoms with Crippen LogP contribution in [0.25, 0.3) is 0 Å². The van der Waals surface area contributed by atoms with E-state index in [0.29, 0.717) is 6.54 Å². The quantitative estimate of drug-likeness (QED) is 0.363. The van der Waals surface area contributed by atoms with Crippen molar-refractivity contribution in [2.24, 2.45) is 10.7 Å². The van der Waals surface area contributed by atoms with Crippen molar-refractivity contribution in [3.63, 3.8) is 0 Å². The molecule has 10 heavy (non-hydrogen) atoms. The third-order valence-corrected chi connectivity index (χ3v) is 0.728. The number of aliphatic imine (C=N–C) groups is 1. The molecule has 0 atom stereocenters. The maximum absolute atomic E-state index is 6.57. The summed E-state index contributed by atoms with van der Waals surface area (Å²) in [5.74, 6) is 0. The van der Waals surface area contributed by atoms with Gasteiger partial charge in [0.2, 0.25) is 0 Å². The Labute approximate surface area is 60.3 Å². The first-order chi connectivity index (χ1) is 4.91. The minimum atomic E-state index is 0.610. The summed E-state index contributed by atoms with van der Waals surface area (Å²) in [5, 5.41) is 9.47. The Morgan fingerprint density at radius 2 is 2.40 bits per heavy atom. The zero-order valence-electron chi connectivity index (χ0n) is 5.75. The van der Waals surface area contributed by atoms with Gasteiger partial charge in [0.15, 0.2) is 0 Å². The van der Waals surface area contributed by atoms with Crippen molar-refractivity contribution < 1.29 is 0 Å². The molecule has 56 valence electrons. The van der Waals surface area contributed by atoms with Crippen molar-refractivity contribution in [2.75, 3.05) is 13.1 Å². The first-order valence-corrected chi connectivity index (χ1v) is 3.02. The van der Waals surface area contributed by atoms with Gasteiger partial charge in [0, 0.05) is 37.9 Å². The average molecular weight is 140 g/mol. The minimum Gasteiger partial charge on any atom is -0.388 e. The monoisotopic (exact) mass is 140 g/mol. The summed E-state index contributed by atoms with van der Waals surface area (Å²) in [6, 6.07) is 0. The molecule has 0 aliphatic carbocycles. The Kier molecular flexibility index (Phi) is 6.93. The van der Waals surface area contributed by atoms with Crippen molar-refractivity contribution in [1.82, 2.24) is 5.32 Å². The van der Waals surface area contributed by atoms with E-state index in [1.54, 1.807) is 12.4 Å². The van der Waals surface area contributed by atoms with Crippen LogP contribution < -0.4 is 11.1 Å². The van der Waals surface area contributed by atoms with Gasteiger partial charge in [-0.15, -0.1) is 0 Å². The lowest BCUT2D eigenvalue weighted by molar-refractivity contribution is 0.841. The van der Waals surface area contributed by atoms with Crippen LogP contribution in [0.2, 0.25) is 0 Å². The van der Waals surface area contributed by atoms with E-state index in [4.69, 9.17) is 11.1 Å². The number of rotatable bonds is 5. The third kappa shape index (κ3) is 6.84. The van der Waals surface area contributed by atoms with Gasteiger partial charge >= 0.3 is 0 Å². The number of hydrogen-bond acceptors (Lipinski definition) is 4. The summed E-state index contributed by atoms with van der Waals surface area (Å²) in [6.45, 7) is 1.36. The summed E-state index contributed by atoms with van der Waals surface area (Å²) in [6.07, 6.45) is 5.77. The van der Waals surface area contributed by atoms with E-state index in [-0.39, 0.29) is 0 Å². The Balaban J connectivity index is 3.19. The second-order valence-corrected chi connectivity index (χ2v) is 1.52. The second-order valence-electron chi connectivity index (χ2n) is 1.52. The third-order valence-electron chi connectivity index (χ3n) is 0.728. The molecule has 0 unspecified atom stereocenters. The van der Waals surface area contributed by atoms with Gasteiger partial charge in [-0.2, -0.15) is 0 Å². The largest absolute Gasteiger partial charge is 0.388 e. The Bertz CT molecular complexity index is 128. The van der Waals surface area contributed by atoms with E-state index in [1.165, 1.54) is 6.21 Å². The van der Waals surface area contributed by atoms with Gasteiger partial charge < -0.3 is 16.5 Å². The molecule has 0 aromatic rings. The lowest BCUT2D eigenvalue weighted by Gasteiger charge is -1.91. The smallest absolute Gasteiger partial charge is 0.0444 e. The standard InChI is InChI=1S/C6H12N4/c7-1-3-9-5-6-10-4-2-8/h1,3,5-7,10H,2,4,8H2. The summed E-state index contributed by atoms with van der Waals surface area (Å²) < 4.78 is 0. The highest BCUT2D eigenvalue weighted by Gasteiger charge is 1.70. The maximum atomic E-state index is 6.57. The van der Waals surface area contributed by atoms with E-state index in [1.807, 2.05) is 0 Å². The second kappa shape index (κ2) is 7.84. The molecule has 0 spiro atoms. The lowest BCUT2D eigenvalue weighted by atomic mass is 10.6. The summed E-state index contributed by atoms with van der Waals surface area (Å²) in [5.41, 5.74) is 5.20. The van der Waals surface area contributed by atoms with Crippen molar-refractivity contribution in [3.05, 3.63) is 12.4 Å². The fraction of sp³-hybridized carbons (Fsp3) is 0.333. The van der Waals surface area contributed by atoms with Crippen LogP contribution in [0.1, 0.15) is 0 Å². The Hall–Kier alpha value is -1.16. The van der Waals surface area contributed by atoms with Gasteiger partial charge in [-0.25, -0.2) is 0 Å². The number of nitrogens with zero attached hydrogens (tertiary/aromatic N) is 1. The molecule has 0 saturated carbocycles. The topological polar surface area (TPSA) is 74.3 Å². The molecule has 0 heterocycles. The summed E-state index contributed by atoms with van der Waals surface area (Å²) in [4.78, 5) is 3.71. The van der Waals surface area contributed by atoms with Gasteiger partial charge in [-0.05, 0) is 0 Å². The van der Waals surface area contributed by atoms with E-state index < -0.39 is 0 Å². The summed E-state index contributed by atoms with van der Waals surface area (Å²) in [7, 11) is 0. The van der Waals surface area contributed by atoms with Crippen LogP contribution in [-0.4, -0.2) is 25.5 Å². The summed E-state index contributed by atoms with van der Waals surface area (Å²) >= 11 is 0. The highest BCUT2D eigenvalue weighted by molar-refractivity contribution is 6.14. The molecule has 0 aromatic heterocycles. The normalized spacial score (nSPS) is 10.9. The first-order valence-electron chi connectivity index (χ1n) is 3.02. The zero-order chi connectivity index (χ0) is 7.66. The molecule has 0 bridgehead atoms. The molecular weight excluding hydrogens is 128 g/mol. The number of nitrogens with one attached hydrogen (secondary N) is 2. The molecule has 4 heteroatoms. The molecule has 0 amide bonds. The van der Waals surface area contributed by atoms with Crippen LogP contribution in [0.15, 0.2) is 17.4 Å². The number of hydrogen-bond donors (Lipinski definition) is 3.